The lowest BCUT2D eigenvalue weighted by Gasteiger charge is -2.35. The fourth-order valence-electron chi connectivity index (χ4n) is 5.58. The molecule has 0 radical (unpaired) electrons. The molecule has 0 heterocycles. The van der Waals surface area contributed by atoms with Gasteiger partial charge in [0.1, 0.15) is 17.9 Å². The lowest BCUT2D eigenvalue weighted by atomic mass is 9.67. The van der Waals surface area contributed by atoms with Gasteiger partial charge in [-0.3, -0.25) is 0 Å². The predicted molar refractivity (Wildman–Crippen MR) is 168 cm³/mol. The molecule has 0 saturated carbocycles. The SMILES string of the molecule is CCOC(=O)c1cc(C2(CC(C)C)c3cc(Br)ccc3-c3ccc(Br)cc32)ccc1OCCOCCOCCOC. The van der Waals surface area contributed by atoms with Crippen molar-refractivity contribution < 1.29 is 28.5 Å². The van der Waals surface area contributed by atoms with Crippen molar-refractivity contribution in [2.45, 2.75) is 32.6 Å². The highest BCUT2D eigenvalue weighted by Crippen LogP contribution is 2.56. The zero-order chi connectivity index (χ0) is 29.4. The third-order valence-electron chi connectivity index (χ3n) is 7.14. The summed E-state index contributed by atoms with van der Waals surface area (Å²) in [7, 11) is 1.64. The van der Waals surface area contributed by atoms with Crippen LogP contribution in [-0.4, -0.2) is 59.3 Å². The summed E-state index contributed by atoms with van der Waals surface area (Å²) in [5.41, 5.74) is 5.84. The molecular formula is C33H38Br2O6. The Kier molecular flexibility index (Phi) is 11.4. The number of fused-ring (bicyclic) bond motifs is 3. The Morgan fingerprint density at radius 2 is 1.39 bits per heavy atom. The van der Waals surface area contributed by atoms with Crippen molar-refractivity contribution in [1.29, 1.82) is 0 Å². The van der Waals surface area contributed by atoms with Crippen LogP contribution in [0.2, 0.25) is 0 Å². The number of carbonyl (C=O) groups is 1. The Hall–Kier alpha value is -2.23. The Bertz CT molecular complexity index is 1290. The maximum absolute atomic E-state index is 13.2. The van der Waals surface area contributed by atoms with E-state index < -0.39 is 11.4 Å². The lowest BCUT2D eigenvalue weighted by Crippen LogP contribution is -2.29. The van der Waals surface area contributed by atoms with Crippen molar-refractivity contribution in [3.05, 3.63) is 85.8 Å². The van der Waals surface area contributed by atoms with Crippen molar-refractivity contribution >= 4 is 37.8 Å². The molecule has 1 aliphatic carbocycles. The Labute approximate surface area is 259 Å². The van der Waals surface area contributed by atoms with Gasteiger partial charge in [-0.05, 0) is 83.5 Å². The van der Waals surface area contributed by atoms with Gasteiger partial charge in [-0.1, -0.05) is 63.9 Å². The monoisotopic (exact) mass is 688 g/mol. The van der Waals surface area contributed by atoms with Crippen LogP contribution in [-0.2, 0) is 24.4 Å². The van der Waals surface area contributed by atoms with Crippen LogP contribution in [0.3, 0.4) is 0 Å². The van der Waals surface area contributed by atoms with Crippen molar-refractivity contribution in [1.82, 2.24) is 0 Å². The van der Waals surface area contributed by atoms with Crippen LogP contribution in [0, 0.1) is 5.92 Å². The highest BCUT2D eigenvalue weighted by molar-refractivity contribution is 9.10. The van der Waals surface area contributed by atoms with E-state index in [-0.39, 0.29) is 6.61 Å². The average Bonchev–Trinajstić information content (AvgIpc) is 3.20. The molecule has 6 nitrogen and oxygen atoms in total. The maximum Gasteiger partial charge on any atom is 0.341 e. The second-order valence-corrected chi connectivity index (χ2v) is 12.2. The maximum atomic E-state index is 13.2. The molecule has 0 unspecified atom stereocenters. The molecule has 1 aliphatic rings. The van der Waals surface area contributed by atoms with Crippen molar-refractivity contribution in [2.75, 3.05) is 53.4 Å². The van der Waals surface area contributed by atoms with Gasteiger partial charge in [0.05, 0.1) is 39.6 Å². The van der Waals surface area contributed by atoms with Gasteiger partial charge in [0, 0.05) is 21.5 Å². The van der Waals surface area contributed by atoms with E-state index in [0.717, 1.165) is 20.9 Å². The third-order valence-corrected chi connectivity index (χ3v) is 8.13. The summed E-state index contributed by atoms with van der Waals surface area (Å²) in [6, 6.07) is 18.9. The summed E-state index contributed by atoms with van der Waals surface area (Å²) in [6.45, 7) is 9.26. The summed E-state index contributed by atoms with van der Waals surface area (Å²) in [5, 5.41) is 0. The number of esters is 1. The van der Waals surface area contributed by atoms with Gasteiger partial charge in [0.2, 0.25) is 0 Å². The Morgan fingerprint density at radius 1 is 0.805 bits per heavy atom. The molecule has 220 valence electrons. The minimum atomic E-state index is -0.460. The first-order valence-corrected chi connectivity index (χ1v) is 15.6. The number of hydrogen-bond donors (Lipinski definition) is 0. The molecule has 0 amide bonds. The first-order valence-electron chi connectivity index (χ1n) is 14.0. The molecule has 0 N–H and O–H groups in total. The van der Waals surface area contributed by atoms with Crippen LogP contribution in [0.1, 0.15) is 54.2 Å². The number of halogens is 2. The van der Waals surface area contributed by atoms with Crippen LogP contribution < -0.4 is 4.74 Å². The second kappa shape index (κ2) is 14.8. The normalized spacial score (nSPS) is 13.2. The highest BCUT2D eigenvalue weighted by atomic mass is 79.9. The first kappa shape index (κ1) is 31.7. The van der Waals surface area contributed by atoms with Crippen molar-refractivity contribution in [3.8, 4) is 16.9 Å². The summed E-state index contributed by atoms with van der Waals surface area (Å²) in [5.74, 6) is 0.455. The van der Waals surface area contributed by atoms with Gasteiger partial charge >= 0.3 is 5.97 Å². The van der Waals surface area contributed by atoms with E-state index in [1.165, 1.54) is 22.3 Å². The van der Waals surface area contributed by atoms with E-state index in [9.17, 15) is 4.79 Å². The highest BCUT2D eigenvalue weighted by Gasteiger charge is 2.45. The molecule has 4 rings (SSSR count). The third kappa shape index (κ3) is 7.23. The van der Waals surface area contributed by atoms with Crippen LogP contribution in [0.4, 0.5) is 0 Å². The molecule has 3 aromatic carbocycles. The zero-order valence-corrected chi connectivity index (χ0v) is 27.3. The topological polar surface area (TPSA) is 63.2 Å². The quantitative estimate of drug-likeness (QED) is 0.120. The minimum absolute atomic E-state index is 0.275. The van der Waals surface area contributed by atoms with Gasteiger partial charge in [-0.25, -0.2) is 4.79 Å². The van der Waals surface area contributed by atoms with Gasteiger partial charge < -0.3 is 23.7 Å². The lowest BCUT2D eigenvalue weighted by molar-refractivity contribution is 0.0178. The molecule has 0 aromatic heterocycles. The molecule has 8 heteroatoms. The van der Waals surface area contributed by atoms with E-state index >= 15 is 0 Å². The number of hydrogen-bond acceptors (Lipinski definition) is 6. The minimum Gasteiger partial charge on any atom is -0.490 e. The Balaban J connectivity index is 1.69. The van der Waals surface area contributed by atoms with Crippen LogP contribution in [0.25, 0.3) is 11.1 Å². The molecular weight excluding hydrogens is 652 g/mol. The summed E-state index contributed by atoms with van der Waals surface area (Å²) in [6.07, 6.45) is 0.864. The average molecular weight is 690 g/mol. The molecule has 41 heavy (non-hydrogen) atoms. The fourth-order valence-corrected chi connectivity index (χ4v) is 6.30. The van der Waals surface area contributed by atoms with E-state index in [2.05, 4.69) is 88.2 Å². The molecule has 0 spiro atoms. The zero-order valence-electron chi connectivity index (χ0n) is 24.1. The molecule has 0 saturated heterocycles. The van der Waals surface area contributed by atoms with Crippen LogP contribution in [0.5, 0.6) is 5.75 Å². The van der Waals surface area contributed by atoms with Gasteiger partial charge in [0.25, 0.3) is 0 Å². The smallest absolute Gasteiger partial charge is 0.341 e. The number of rotatable bonds is 15. The van der Waals surface area contributed by atoms with Gasteiger partial charge in [0.15, 0.2) is 0 Å². The standard InChI is InChI=1S/C33H38Br2O6/c1-5-40-32(36)28-18-23(6-11-31(28)41-17-16-39-15-14-38-13-12-37-4)33(21-22(2)3)29-19-24(34)7-9-26(29)27-10-8-25(35)20-30(27)33/h6-11,18-20,22H,5,12-17,21H2,1-4H3. The summed E-state index contributed by atoms with van der Waals surface area (Å²) < 4.78 is 29.6. The predicted octanol–water partition coefficient (Wildman–Crippen LogP) is 7.81. The largest absolute Gasteiger partial charge is 0.490 e. The van der Waals surface area contributed by atoms with Crippen molar-refractivity contribution in [3.63, 3.8) is 0 Å². The number of carbonyl (C=O) groups excluding carboxylic acids is 1. The fraction of sp³-hybridized carbons (Fsp3) is 0.424. The van der Waals surface area contributed by atoms with Gasteiger partial charge in [-0.2, -0.15) is 0 Å². The molecule has 0 aliphatic heterocycles. The molecule has 0 bridgehead atoms. The summed E-state index contributed by atoms with van der Waals surface area (Å²) >= 11 is 7.44. The molecule has 0 fully saturated rings. The number of benzene rings is 3. The number of ether oxygens (including phenoxy) is 5. The second-order valence-electron chi connectivity index (χ2n) is 10.4. The first-order chi connectivity index (χ1) is 19.8. The molecule has 0 atom stereocenters. The van der Waals surface area contributed by atoms with E-state index in [1.807, 2.05) is 19.1 Å². The van der Waals surface area contributed by atoms with Crippen LogP contribution in [0.15, 0.2) is 63.5 Å². The van der Waals surface area contributed by atoms with E-state index in [1.54, 1.807) is 7.11 Å². The van der Waals surface area contributed by atoms with Crippen molar-refractivity contribution in [2.24, 2.45) is 5.92 Å². The number of methoxy groups -OCH3 is 1. The molecule has 3 aromatic rings. The van der Waals surface area contributed by atoms with Gasteiger partial charge in [-0.15, -0.1) is 0 Å². The van der Waals surface area contributed by atoms with E-state index in [4.69, 9.17) is 23.7 Å². The Morgan fingerprint density at radius 3 is 1.95 bits per heavy atom. The summed E-state index contributed by atoms with van der Waals surface area (Å²) in [4.78, 5) is 13.2. The van der Waals surface area contributed by atoms with Crippen LogP contribution >= 0.6 is 31.9 Å². The van der Waals surface area contributed by atoms with E-state index in [0.29, 0.717) is 56.9 Å².